The van der Waals surface area contributed by atoms with E-state index < -0.39 is 0 Å². The molecule has 0 heterocycles. The zero-order chi connectivity index (χ0) is 14.5. The molecule has 0 aliphatic heterocycles. The predicted octanol–water partition coefficient (Wildman–Crippen LogP) is 4.53. The molecule has 0 bridgehead atoms. The Labute approximate surface area is 125 Å². The van der Waals surface area contributed by atoms with Crippen LogP contribution in [-0.4, -0.2) is 14.2 Å². The summed E-state index contributed by atoms with van der Waals surface area (Å²) in [6, 6.07) is 14.0. The number of methoxy groups -OCH3 is 2. The second kappa shape index (κ2) is 6.67. The molecule has 0 aliphatic carbocycles. The van der Waals surface area contributed by atoms with Gasteiger partial charge in [-0.3, -0.25) is 0 Å². The third-order valence-corrected chi connectivity index (χ3v) is 3.81. The lowest BCUT2D eigenvalue weighted by atomic mass is 9.99. The van der Waals surface area contributed by atoms with E-state index in [1.165, 1.54) is 11.1 Å². The van der Waals surface area contributed by atoms with Crippen molar-refractivity contribution in [3.8, 4) is 11.5 Å². The Morgan fingerprint density at radius 2 is 1.55 bits per heavy atom. The molecule has 3 heteroatoms. The number of hydrogen-bond donors (Lipinski definition) is 0. The van der Waals surface area contributed by atoms with Crippen molar-refractivity contribution in [3.63, 3.8) is 0 Å². The minimum atomic E-state index is -0.192. The van der Waals surface area contributed by atoms with Crippen LogP contribution in [0.4, 0.5) is 0 Å². The second-order valence-corrected chi connectivity index (χ2v) is 5.20. The Kier molecular flexibility index (Phi) is 4.91. The maximum absolute atomic E-state index is 6.62. The van der Waals surface area contributed by atoms with Gasteiger partial charge in [-0.25, -0.2) is 0 Å². The lowest BCUT2D eigenvalue weighted by Crippen LogP contribution is -2.03. The monoisotopic (exact) mass is 290 g/mol. The first-order chi connectivity index (χ1) is 9.67. The number of aryl methyl sites for hydroxylation is 1. The van der Waals surface area contributed by atoms with Crippen molar-refractivity contribution in [2.75, 3.05) is 14.2 Å². The number of hydrogen-bond acceptors (Lipinski definition) is 2. The van der Waals surface area contributed by atoms with Crippen LogP contribution in [0.1, 0.15) is 22.1 Å². The molecule has 0 N–H and O–H groups in total. The van der Waals surface area contributed by atoms with Crippen molar-refractivity contribution >= 4 is 11.6 Å². The van der Waals surface area contributed by atoms with Crippen molar-refractivity contribution in [1.82, 2.24) is 0 Å². The summed E-state index contributed by atoms with van der Waals surface area (Å²) in [7, 11) is 3.30. The molecular weight excluding hydrogens is 272 g/mol. The summed E-state index contributed by atoms with van der Waals surface area (Å²) < 4.78 is 10.8. The quantitative estimate of drug-likeness (QED) is 0.753. The van der Waals surface area contributed by atoms with E-state index >= 15 is 0 Å². The van der Waals surface area contributed by atoms with Crippen LogP contribution in [-0.2, 0) is 6.42 Å². The maximum Gasteiger partial charge on any atom is 0.127 e. The summed E-state index contributed by atoms with van der Waals surface area (Å²) >= 11 is 6.62. The van der Waals surface area contributed by atoms with Crippen LogP contribution in [0.2, 0.25) is 0 Å². The minimum absolute atomic E-state index is 0.192. The molecule has 0 spiro atoms. The SMILES string of the molecule is COc1cccc(OC)c1C(Cl)Cc1ccccc1C. The van der Waals surface area contributed by atoms with Gasteiger partial charge in [-0.2, -0.15) is 0 Å². The molecule has 1 atom stereocenters. The van der Waals surface area contributed by atoms with E-state index in [1.807, 2.05) is 30.3 Å². The van der Waals surface area contributed by atoms with Gasteiger partial charge in [-0.1, -0.05) is 30.3 Å². The van der Waals surface area contributed by atoms with Crippen molar-refractivity contribution < 1.29 is 9.47 Å². The van der Waals surface area contributed by atoms with E-state index in [0.29, 0.717) is 0 Å². The smallest absolute Gasteiger partial charge is 0.127 e. The molecule has 20 heavy (non-hydrogen) atoms. The summed E-state index contributed by atoms with van der Waals surface area (Å²) in [5, 5.41) is -0.192. The van der Waals surface area contributed by atoms with E-state index in [9.17, 15) is 0 Å². The summed E-state index contributed by atoms with van der Waals surface area (Å²) in [6.07, 6.45) is 0.741. The number of halogens is 1. The summed E-state index contributed by atoms with van der Waals surface area (Å²) in [5.41, 5.74) is 3.38. The largest absolute Gasteiger partial charge is 0.496 e. The van der Waals surface area contributed by atoms with Gasteiger partial charge >= 0.3 is 0 Å². The van der Waals surface area contributed by atoms with Crippen LogP contribution in [0.25, 0.3) is 0 Å². The first-order valence-electron chi connectivity index (χ1n) is 6.56. The molecule has 2 nitrogen and oxygen atoms in total. The van der Waals surface area contributed by atoms with Crippen LogP contribution in [0.3, 0.4) is 0 Å². The van der Waals surface area contributed by atoms with Crippen molar-refractivity contribution in [2.24, 2.45) is 0 Å². The molecule has 1 unspecified atom stereocenters. The Morgan fingerprint density at radius 3 is 2.10 bits per heavy atom. The minimum Gasteiger partial charge on any atom is -0.496 e. The van der Waals surface area contributed by atoms with Crippen LogP contribution < -0.4 is 9.47 Å². The number of ether oxygens (including phenoxy) is 2. The average Bonchev–Trinajstić information content (AvgIpc) is 2.48. The second-order valence-electron chi connectivity index (χ2n) is 4.67. The van der Waals surface area contributed by atoms with E-state index in [-0.39, 0.29) is 5.38 Å². The first-order valence-corrected chi connectivity index (χ1v) is 7.00. The molecule has 0 saturated carbocycles. The summed E-state index contributed by atoms with van der Waals surface area (Å²) in [6.45, 7) is 2.10. The lowest BCUT2D eigenvalue weighted by molar-refractivity contribution is 0.384. The average molecular weight is 291 g/mol. The number of rotatable bonds is 5. The molecule has 0 aromatic heterocycles. The highest BCUT2D eigenvalue weighted by Gasteiger charge is 2.19. The predicted molar refractivity (Wildman–Crippen MR) is 83.0 cm³/mol. The Balaban J connectivity index is 2.34. The van der Waals surface area contributed by atoms with Crippen LogP contribution in [0.15, 0.2) is 42.5 Å². The molecule has 2 rings (SSSR count). The van der Waals surface area contributed by atoms with Gasteiger partial charge in [0.05, 0.1) is 25.2 Å². The Morgan fingerprint density at radius 1 is 0.950 bits per heavy atom. The van der Waals surface area contributed by atoms with E-state index in [2.05, 4.69) is 19.1 Å². The van der Waals surface area contributed by atoms with Gasteiger partial charge in [-0.05, 0) is 36.6 Å². The maximum atomic E-state index is 6.62. The van der Waals surface area contributed by atoms with E-state index in [0.717, 1.165) is 23.5 Å². The van der Waals surface area contributed by atoms with Gasteiger partial charge in [0.1, 0.15) is 11.5 Å². The highest BCUT2D eigenvalue weighted by molar-refractivity contribution is 6.21. The Bertz CT molecular complexity index is 559. The van der Waals surface area contributed by atoms with E-state index in [1.54, 1.807) is 14.2 Å². The van der Waals surface area contributed by atoms with Crippen LogP contribution in [0, 0.1) is 6.92 Å². The molecule has 2 aromatic carbocycles. The fraction of sp³-hybridized carbons (Fsp3) is 0.294. The van der Waals surface area contributed by atoms with Gasteiger partial charge in [-0.15, -0.1) is 11.6 Å². The molecular formula is C17H19ClO2. The molecule has 0 fully saturated rings. The zero-order valence-corrected chi connectivity index (χ0v) is 12.8. The van der Waals surface area contributed by atoms with Gasteiger partial charge < -0.3 is 9.47 Å². The zero-order valence-electron chi connectivity index (χ0n) is 12.0. The summed E-state index contributed by atoms with van der Waals surface area (Å²) in [4.78, 5) is 0. The summed E-state index contributed by atoms with van der Waals surface area (Å²) in [5.74, 6) is 1.52. The molecule has 2 aromatic rings. The Hall–Kier alpha value is -1.67. The van der Waals surface area contributed by atoms with Crippen LogP contribution >= 0.6 is 11.6 Å². The molecule has 0 saturated heterocycles. The lowest BCUT2D eigenvalue weighted by Gasteiger charge is -2.18. The topological polar surface area (TPSA) is 18.5 Å². The highest BCUT2D eigenvalue weighted by Crippen LogP contribution is 2.39. The highest BCUT2D eigenvalue weighted by atomic mass is 35.5. The fourth-order valence-electron chi connectivity index (χ4n) is 2.32. The molecule has 0 radical (unpaired) electrons. The van der Waals surface area contributed by atoms with Crippen molar-refractivity contribution in [1.29, 1.82) is 0 Å². The standard InChI is InChI=1S/C17H19ClO2/c1-12-7-4-5-8-13(12)11-14(18)17-15(19-2)9-6-10-16(17)20-3/h4-10,14H,11H2,1-3H3. The number of benzene rings is 2. The normalized spacial score (nSPS) is 12.0. The van der Waals surface area contributed by atoms with Gasteiger partial charge in [0.2, 0.25) is 0 Å². The fourth-order valence-corrected chi connectivity index (χ4v) is 2.70. The first kappa shape index (κ1) is 14.7. The van der Waals surface area contributed by atoms with Gasteiger partial charge in [0, 0.05) is 0 Å². The molecule has 0 amide bonds. The van der Waals surface area contributed by atoms with Crippen molar-refractivity contribution in [2.45, 2.75) is 18.7 Å². The third-order valence-electron chi connectivity index (χ3n) is 3.44. The van der Waals surface area contributed by atoms with Gasteiger partial charge in [0.15, 0.2) is 0 Å². The van der Waals surface area contributed by atoms with Crippen LogP contribution in [0.5, 0.6) is 11.5 Å². The van der Waals surface area contributed by atoms with E-state index in [4.69, 9.17) is 21.1 Å². The van der Waals surface area contributed by atoms with Gasteiger partial charge in [0.25, 0.3) is 0 Å². The molecule has 0 aliphatic rings. The number of alkyl halides is 1. The molecule has 106 valence electrons. The third kappa shape index (κ3) is 3.07. The van der Waals surface area contributed by atoms with Crippen molar-refractivity contribution in [3.05, 3.63) is 59.2 Å².